The number of nitro groups is 3. The molecule has 1 aromatic rings. The number of nitrogens with zero attached hydrogens (tertiary/aromatic N) is 3. The molecule has 0 bridgehead atoms. The van der Waals surface area contributed by atoms with Gasteiger partial charge in [0.15, 0.2) is 5.56 Å². The summed E-state index contributed by atoms with van der Waals surface area (Å²) in [5, 5.41) is 29.0. The molecule has 10 nitrogen and oxygen atoms in total. The zero-order valence-electron chi connectivity index (χ0n) is 9.31. The van der Waals surface area contributed by atoms with E-state index in [9.17, 15) is 30.3 Å². The van der Waals surface area contributed by atoms with Gasteiger partial charge in [-0.15, -0.1) is 0 Å². The van der Waals surface area contributed by atoms with Gasteiger partial charge in [0, 0.05) is 12.1 Å². The molecule has 0 aliphatic heterocycles. The van der Waals surface area contributed by atoms with Gasteiger partial charge in [0.1, 0.15) is 15.6 Å². The van der Waals surface area contributed by atoms with Crippen LogP contribution in [0.1, 0.15) is 5.56 Å². The number of hydrogen-bond acceptors (Lipinski definition) is 7. The Morgan fingerprint density at radius 2 is 1.68 bits per heavy atom. The van der Waals surface area contributed by atoms with Gasteiger partial charge in [0.2, 0.25) is 0 Å². The summed E-state index contributed by atoms with van der Waals surface area (Å²) in [6.07, 6.45) is 0. The monoisotopic (exact) mass is 291 g/mol. The third-order valence-corrected chi connectivity index (χ3v) is 2.70. The first kappa shape index (κ1) is 14.6. The van der Waals surface area contributed by atoms with E-state index >= 15 is 0 Å². The molecule has 0 aliphatic carbocycles. The average Bonchev–Trinajstić information content (AvgIpc) is 2.36. The van der Waals surface area contributed by atoms with Crippen molar-refractivity contribution < 1.29 is 19.5 Å². The van der Waals surface area contributed by atoms with E-state index in [1.54, 1.807) is 0 Å². The maximum Gasteiger partial charge on any atom is 0.567 e. The largest absolute Gasteiger partial charge is 0.567 e. The van der Waals surface area contributed by atoms with Crippen molar-refractivity contribution in [1.82, 2.24) is 0 Å². The van der Waals surface area contributed by atoms with Crippen molar-refractivity contribution in [3.8, 4) is 5.75 Å². The molecule has 0 fully saturated rings. The number of ether oxygens (including phenoxy) is 1. The van der Waals surface area contributed by atoms with E-state index in [0.717, 1.165) is 19.2 Å². The van der Waals surface area contributed by atoms with Crippen molar-refractivity contribution in [1.29, 1.82) is 0 Å². The van der Waals surface area contributed by atoms with E-state index in [1.165, 1.54) is 0 Å². The first-order valence-electron chi connectivity index (χ1n) is 4.56. The van der Waals surface area contributed by atoms with Gasteiger partial charge in [-0.2, -0.15) is 0 Å². The lowest BCUT2D eigenvalue weighted by Gasteiger charge is -2.12. The third kappa shape index (κ3) is 2.38. The maximum absolute atomic E-state index is 10.8. The summed E-state index contributed by atoms with van der Waals surface area (Å²) in [4.78, 5) is 28.6. The van der Waals surface area contributed by atoms with Crippen molar-refractivity contribution >= 4 is 17.3 Å². The average molecular weight is 292 g/mol. The molecule has 0 aromatic heterocycles. The number of nitro benzene ring substituents is 1. The first-order valence-corrected chi connectivity index (χ1v) is 4.93. The highest BCUT2D eigenvalue weighted by molar-refractivity contribution is 6.21. The molecule has 0 aliphatic rings. The molecule has 0 amide bonds. The quantitative estimate of drug-likeness (QED) is 0.263. The molecule has 19 heavy (non-hydrogen) atoms. The Labute approximate surface area is 110 Å². The second-order valence-electron chi connectivity index (χ2n) is 3.24. The van der Waals surface area contributed by atoms with Crippen LogP contribution < -0.4 is 4.74 Å². The van der Waals surface area contributed by atoms with Crippen LogP contribution in [-0.2, 0) is 5.12 Å². The number of rotatable bonds is 5. The number of halogens is 1. The maximum atomic E-state index is 10.8. The van der Waals surface area contributed by atoms with Crippen molar-refractivity contribution in [3.63, 3.8) is 0 Å². The summed E-state index contributed by atoms with van der Waals surface area (Å²) >= 11 is 5.39. The summed E-state index contributed by atoms with van der Waals surface area (Å²) in [6, 6.07) is 2.62. The fraction of sp³-hybridized carbons (Fsp3) is 0.250. The smallest absolute Gasteiger partial charge is 0.496 e. The Morgan fingerprint density at radius 3 is 2.05 bits per heavy atom. The highest BCUT2D eigenvalue weighted by Crippen LogP contribution is 2.38. The van der Waals surface area contributed by atoms with Crippen LogP contribution in [0.5, 0.6) is 5.75 Å². The van der Waals surface area contributed by atoms with E-state index in [4.69, 9.17) is 16.3 Å². The van der Waals surface area contributed by atoms with Crippen molar-refractivity contribution in [3.05, 3.63) is 54.1 Å². The Kier molecular flexibility index (Phi) is 3.85. The van der Waals surface area contributed by atoms with Crippen LogP contribution in [0.2, 0.25) is 0 Å². The van der Waals surface area contributed by atoms with Crippen LogP contribution >= 0.6 is 11.6 Å². The van der Waals surface area contributed by atoms with E-state index in [0.29, 0.717) is 6.07 Å². The predicted octanol–water partition coefficient (Wildman–Crippen LogP) is 1.51. The van der Waals surface area contributed by atoms with Crippen LogP contribution in [0.25, 0.3) is 0 Å². The van der Waals surface area contributed by atoms with Gasteiger partial charge in [-0.3, -0.25) is 30.3 Å². The van der Waals surface area contributed by atoms with Crippen molar-refractivity contribution in [2.75, 3.05) is 7.11 Å². The molecular formula is C8H6ClN3O7. The molecule has 0 unspecified atom stereocenters. The predicted molar refractivity (Wildman–Crippen MR) is 61.2 cm³/mol. The lowest BCUT2D eigenvalue weighted by molar-refractivity contribution is -0.778. The van der Waals surface area contributed by atoms with E-state index in [1.807, 2.05) is 0 Å². The minimum Gasteiger partial charge on any atom is -0.496 e. The zero-order chi connectivity index (χ0) is 14.8. The highest BCUT2D eigenvalue weighted by atomic mass is 35.5. The molecule has 0 spiro atoms. The Hall–Kier alpha value is -2.49. The molecule has 1 aromatic carbocycles. The molecule has 0 atom stereocenters. The van der Waals surface area contributed by atoms with Gasteiger partial charge in [-0.1, -0.05) is 0 Å². The van der Waals surface area contributed by atoms with E-state index in [2.05, 4.69) is 0 Å². The molecule has 11 heteroatoms. The second-order valence-corrected chi connectivity index (χ2v) is 3.77. The summed E-state index contributed by atoms with van der Waals surface area (Å²) in [6.45, 7) is 0. The standard InChI is InChI=1S/C8H6ClN3O7/c1-19-7-3-2-5(10(13)14)4-6(7)8(9,11(15)16)12(17)18/h2-4H,1H3. The normalized spacial score (nSPS) is 10.8. The molecule has 0 N–H and O–H groups in total. The number of alkyl halides is 1. The van der Waals surface area contributed by atoms with Crippen LogP contribution in [0.3, 0.4) is 0 Å². The number of hydrogen-bond donors (Lipinski definition) is 0. The summed E-state index contributed by atoms with van der Waals surface area (Å²) in [7, 11) is 1.10. The molecule has 0 saturated heterocycles. The summed E-state index contributed by atoms with van der Waals surface area (Å²) in [5.41, 5.74) is -1.30. The lowest BCUT2D eigenvalue weighted by atomic mass is 10.1. The fourth-order valence-electron chi connectivity index (χ4n) is 1.32. The number of non-ortho nitro benzene ring substituents is 1. The Bertz CT molecular complexity index is 547. The third-order valence-electron chi connectivity index (χ3n) is 2.22. The molecule has 0 saturated carbocycles. The summed E-state index contributed by atoms with van der Waals surface area (Å²) < 4.78 is 4.71. The van der Waals surface area contributed by atoms with Gasteiger partial charge in [0.05, 0.1) is 23.6 Å². The van der Waals surface area contributed by atoms with Crippen molar-refractivity contribution in [2.45, 2.75) is 5.12 Å². The zero-order valence-corrected chi connectivity index (χ0v) is 10.1. The topological polar surface area (TPSA) is 139 Å². The van der Waals surface area contributed by atoms with Gasteiger partial charge in [-0.25, -0.2) is 0 Å². The van der Waals surface area contributed by atoms with Crippen LogP contribution in [0, 0.1) is 30.3 Å². The Morgan fingerprint density at radius 1 is 1.16 bits per heavy atom. The minimum atomic E-state index is -3.25. The second kappa shape index (κ2) is 5.02. The SMILES string of the molecule is COc1ccc([N+](=O)[O-])cc1C(Cl)([N+](=O)[O-])[N+](=O)[O-]. The van der Waals surface area contributed by atoms with Gasteiger partial charge in [-0.05, 0) is 6.07 Å². The van der Waals surface area contributed by atoms with Crippen LogP contribution in [0.4, 0.5) is 5.69 Å². The summed E-state index contributed by atoms with van der Waals surface area (Å²) in [5.74, 6) is -0.297. The van der Waals surface area contributed by atoms with Crippen LogP contribution in [-0.4, -0.2) is 21.9 Å². The molecule has 0 radical (unpaired) electrons. The molecule has 102 valence electrons. The van der Waals surface area contributed by atoms with Crippen LogP contribution in [0.15, 0.2) is 18.2 Å². The lowest BCUT2D eigenvalue weighted by Crippen LogP contribution is -2.38. The van der Waals surface area contributed by atoms with Gasteiger partial charge >= 0.3 is 5.12 Å². The number of methoxy groups -OCH3 is 1. The molecule has 0 heterocycles. The van der Waals surface area contributed by atoms with Gasteiger partial charge < -0.3 is 4.74 Å². The minimum absolute atomic E-state index is 0.297. The molecule has 1 rings (SSSR count). The van der Waals surface area contributed by atoms with Gasteiger partial charge in [0.25, 0.3) is 5.69 Å². The fourth-order valence-corrected chi connectivity index (χ4v) is 1.47. The Balaban J connectivity index is 3.61. The highest BCUT2D eigenvalue weighted by Gasteiger charge is 2.59. The molecular weight excluding hydrogens is 286 g/mol. The van der Waals surface area contributed by atoms with E-state index in [-0.39, 0.29) is 5.75 Å². The van der Waals surface area contributed by atoms with Crippen molar-refractivity contribution in [2.24, 2.45) is 0 Å². The number of benzene rings is 1. The first-order chi connectivity index (χ1) is 8.75. The van der Waals surface area contributed by atoms with E-state index < -0.39 is 31.1 Å².